The third-order valence-corrected chi connectivity index (χ3v) is 3.69. The summed E-state index contributed by atoms with van der Waals surface area (Å²) < 4.78 is 5.09. The molecule has 5 heteroatoms. The molecule has 20 heavy (non-hydrogen) atoms. The number of piperazine rings is 1. The minimum Gasteiger partial charge on any atom is -0.383 e. The van der Waals surface area contributed by atoms with Crippen LogP contribution in [0, 0.1) is 0 Å². The van der Waals surface area contributed by atoms with Gasteiger partial charge in [0.1, 0.15) is 5.82 Å². The first kappa shape index (κ1) is 15.2. The van der Waals surface area contributed by atoms with Crippen molar-refractivity contribution in [2.24, 2.45) is 0 Å². The number of rotatable bonds is 6. The molecular weight excluding hydrogens is 252 g/mol. The molecule has 0 saturated carbocycles. The maximum absolute atomic E-state index is 5.09. The van der Waals surface area contributed by atoms with Crippen LogP contribution in [0.4, 0.5) is 5.82 Å². The van der Waals surface area contributed by atoms with Crippen molar-refractivity contribution in [3.8, 4) is 0 Å². The van der Waals surface area contributed by atoms with Gasteiger partial charge in [-0.25, -0.2) is 4.98 Å². The fourth-order valence-electron chi connectivity index (χ4n) is 2.49. The number of methoxy groups -OCH3 is 1. The first-order chi connectivity index (χ1) is 9.69. The molecule has 1 atom stereocenters. The Balaban J connectivity index is 1.87. The van der Waals surface area contributed by atoms with Gasteiger partial charge in [-0.05, 0) is 18.6 Å². The van der Waals surface area contributed by atoms with Crippen LogP contribution in [0.1, 0.15) is 12.5 Å². The zero-order chi connectivity index (χ0) is 14.4. The van der Waals surface area contributed by atoms with Gasteiger partial charge in [0, 0.05) is 59.1 Å². The molecule has 2 rings (SSSR count). The molecule has 112 valence electrons. The van der Waals surface area contributed by atoms with Crippen molar-refractivity contribution in [3.05, 3.63) is 23.9 Å². The summed E-state index contributed by atoms with van der Waals surface area (Å²) in [5, 5.41) is 3.47. The summed E-state index contributed by atoms with van der Waals surface area (Å²) in [5.41, 5.74) is 1.28. The number of ether oxygens (including phenoxy) is 1. The normalized spacial score (nSPS) is 20.1. The number of aromatic nitrogens is 1. The van der Waals surface area contributed by atoms with E-state index in [1.807, 2.05) is 13.2 Å². The van der Waals surface area contributed by atoms with Gasteiger partial charge in [0.25, 0.3) is 0 Å². The highest BCUT2D eigenvalue weighted by Crippen LogP contribution is 2.12. The van der Waals surface area contributed by atoms with Gasteiger partial charge in [-0.3, -0.25) is 4.90 Å². The molecule has 0 unspecified atom stereocenters. The van der Waals surface area contributed by atoms with E-state index in [9.17, 15) is 0 Å². The Morgan fingerprint density at radius 1 is 1.50 bits per heavy atom. The van der Waals surface area contributed by atoms with Crippen LogP contribution in [0.3, 0.4) is 0 Å². The molecular formula is C15H26N4O. The van der Waals surface area contributed by atoms with Crippen molar-refractivity contribution in [2.45, 2.75) is 19.5 Å². The Morgan fingerprint density at radius 2 is 2.35 bits per heavy atom. The van der Waals surface area contributed by atoms with E-state index in [0.29, 0.717) is 6.04 Å². The Morgan fingerprint density at radius 3 is 3.00 bits per heavy atom. The number of nitrogens with zero attached hydrogens (tertiary/aromatic N) is 3. The first-order valence-electron chi connectivity index (χ1n) is 7.30. The fraction of sp³-hybridized carbons (Fsp3) is 0.667. The highest BCUT2D eigenvalue weighted by atomic mass is 16.5. The molecule has 0 bridgehead atoms. The monoisotopic (exact) mass is 278 g/mol. The summed E-state index contributed by atoms with van der Waals surface area (Å²) in [6, 6.07) is 4.85. The molecule has 1 aromatic rings. The zero-order valence-corrected chi connectivity index (χ0v) is 12.8. The summed E-state index contributed by atoms with van der Waals surface area (Å²) >= 11 is 0. The van der Waals surface area contributed by atoms with Crippen LogP contribution in [0.15, 0.2) is 18.3 Å². The van der Waals surface area contributed by atoms with E-state index in [1.165, 1.54) is 5.56 Å². The number of anilines is 1. The maximum atomic E-state index is 5.09. The van der Waals surface area contributed by atoms with E-state index >= 15 is 0 Å². The van der Waals surface area contributed by atoms with Crippen LogP contribution in [0.2, 0.25) is 0 Å². The molecule has 0 aromatic carbocycles. The molecule has 1 saturated heterocycles. The van der Waals surface area contributed by atoms with Gasteiger partial charge in [0.15, 0.2) is 0 Å². The molecule has 0 aliphatic carbocycles. The topological polar surface area (TPSA) is 40.6 Å². The van der Waals surface area contributed by atoms with Gasteiger partial charge in [0.05, 0.1) is 6.61 Å². The van der Waals surface area contributed by atoms with E-state index in [2.05, 4.69) is 39.2 Å². The first-order valence-corrected chi connectivity index (χ1v) is 7.30. The number of hydrogen-bond donors (Lipinski definition) is 1. The predicted octanol–water partition coefficient (Wildman–Crippen LogP) is 0.958. The van der Waals surface area contributed by atoms with Gasteiger partial charge >= 0.3 is 0 Å². The smallest absolute Gasteiger partial charge is 0.128 e. The highest BCUT2D eigenvalue weighted by molar-refractivity contribution is 5.38. The lowest BCUT2D eigenvalue weighted by molar-refractivity contribution is 0.199. The lowest BCUT2D eigenvalue weighted by atomic mass is 10.2. The van der Waals surface area contributed by atoms with Gasteiger partial charge < -0.3 is 15.0 Å². The van der Waals surface area contributed by atoms with Gasteiger partial charge in [0.2, 0.25) is 0 Å². The van der Waals surface area contributed by atoms with Crippen molar-refractivity contribution in [1.82, 2.24) is 15.2 Å². The SMILES string of the molecule is COCCN(C)c1ccc(CN2CCN[C@H](C)C2)cn1. The molecule has 1 aromatic heterocycles. The van der Waals surface area contributed by atoms with Gasteiger partial charge in [-0.2, -0.15) is 0 Å². The van der Waals surface area contributed by atoms with E-state index < -0.39 is 0 Å². The second-order valence-corrected chi connectivity index (χ2v) is 5.53. The Kier molecular flexibility index (Phi) is 5.76. The second kappa shape index (κ2) is 7.57. The summed E-state index contributed by atoms with van der Waals surface area (Å²) in [6.07, 6.45) is 1.99. The van der Waals surface area contributed by atoms with E-state index in [0.717, 1.165) is 45.1 Å². The Hall–Kier alpha value is -1.17. The molecule has 1 aliphatic rings. The van der Waals surface area contributed by atoms with E-state index in [4.69, 9.17) is 4.74 Å². The molecule has 0 radical (unpaired) electrons. The van der Waals surface area contributed by atoms with E-state index in [1.54, 1.807) is 7.11 Å². The van der Waals surface area contributed by atoms with Gasteiger partial charge in [-0.1, -0.05) is 6.07 Å². The van der Waals surface area contributed by atoms with Crippen molar-refractivity contribution in [1.29, 1.82) is 0 Å². The van der Waals surface area contributed by atoms with Crippen LogP contribution >= 0.6 is 0 Å². The molecule has 5 nitrogen and oxygen atoms in total. The van der Waals surface area contributed by atoms with Crippen LogP contribution in [-0.2, 0) is 11.3 Å². The number of pyridine rings is 1. The van der Waals surface area contributed by atoms with Gasteiger partial charge in [-0.15, -0.1) is 0 Å². The maximum Gasteiger partial charge on any atom is 0.128 e. The second-order valence-electron chi connectivity index (χ2n) is 5.53. The summed E-state index contributed by atoms with van der Waals surface area (Å²) in [4.78, 5) is 9.13. The Labute approximate surface area is 121 Å². The summed E-state index contributed by atoms with van der Waals surface area (Å²) in [6.45, 7) is 8.10. The molecule has 1 fully saturated rings. The minimum absolute atomic E-state index is 0.580. The lowest BCUT2D eigenvalue weighted by Crippen LogP contribution is -2.48. The average Bonchev–Trinajstić information content (AvgIpc) is 2.45. The fourth-order valence-corrected chi connectivity index (χ4v) is 2.49. The molecule has 2 heterocycles. The third-order valence-electron chi connectivity index (χ3n) is 3.69. The zero-order valence-electron chi connectivity index (χ0n) is 12.8. The quantitative estimate of drug-likeness (QED) is 0.839. The highest BCUT2D eigenvalue weighted by Gasteiger charge is 2.15. The molecule has 0 amide bonds. The summed E-state index contributed by atoms with van der Waals surface area (Å²) in [5.74, 6) is 1.000. The lowest BCUT2D eigenvalue weighted by Gasteiger charge is -2.31. The summed E-state index contributed by atoms with van der Waals surface area (Å²) in [7, 11) is 3.76. The van der Waals surface area contributed by atoms with Crippen LogP contribution in [-0.4, -0.2) is 62.9 Å². The Bertz CT molecular complexity index is 395. The van der Waals surface area contributed by atoms with Crippen molar-refractivity contribution < 1.29 is 4.74 Å². The predicted molar refractivity (Wildman–Crippen MR) is 82.1 cm³/mol. The average molecular weight is 278 g/mol. The standard InChI is InChI=1S/C15H26N4O/c1-13-11-19(7-6-16-13)12-14-4-5-15(17-10-14)18(2)8-9-20-3/h4-5,10,13,16H,6-9,11-12H2,1-3H3/t13-/m1/s1. The molecule has 1 N–H and O–H groups in total. The van der Waals surface area contributed by atoms with Crippen molar-refractivity contribution >= 4 is 5.82 Å². The molecule has 1 aliphatic heterocycles. The minimum atomic E-state index is 0.580. The van der Waals surface area contributed by atoms with Crippen LogP contribution in [0.25, 0.3) is 0 Å². The third kappa shape index (κ3) is 4.44. The molecule has 0 spiro atoms. The number of hydrogen-bond acceptors (Lipinski definition) is 5. The van der Waals surface area contributed by atoms with E-state index in [-0.39, 0.29) is 0 Å². The van der Waals surface area contributed by atoms with Crippen molar-refractivity contribution in [3.63, 3.8) is 0 Å². The van der Waals surface area contributed by atoms with Crippen molar-refractivity contribution in [2.75, 3.05) is 51.8 Å². The van der Waals surface area contributed by atoms with Crippen LogP contribution in [0.5, 0.6) is 0 Å². The number of likely N-dealkylation sites (N-methyl/N-ethyl adjacent to an activating group) is 1. The largest absolute Gasteiger partial charge is 0.383 e. The number of nitrogens with one attached hydrogen (secondary N) is 1. The van der Waals surface area contributed by atoms with Crippen LogP contribution < -0.4 is 10.2 Å².